The zero-order chi connectivity index (χ0) is 18.7. The Morgan fingerprint density at radius 3 is 2.92 bits per heavy atom. The first kappa shape index (κ1) is 18.2. The van der Waals surface area contributed by atoms with E-state index in [-0.39, 0.29) is 28.7 Å². The van der Waals surface area contributed by atoms with E-state index in [1.54, 1.807) is 6.92 Å². The van der Waals surface area contributed by atoms with Crippen molar-refractivity contribution in [3.8, 4) is 0 Å². The molecule has 0 bridgehead atoms. The Morgan fingerprint density at radius 2 is 2.15 bits per heavy atom. The first-order valence-electron chi connectivity index (χ1n) is 7.68. The lowest BCUT2D eigenvalue weighted by Crippen LogP contribution is -2.17. The van der Waals surface area contributed by atoms with Crippen molar-refractivity contribution in [2.75, 3.05) is 11.9 Å². The van der Waals surface area contributed by atoms with Gasteiger partial charge in [-0.15, -0.1) is 0 Å². The van der Waals surface area contributed by atoms with Crippen LogP contribution >= 0.6 is 11.8 Å². The van der Waals surface area contributed by atoms with Crippen molar-refractivity contribution < 1.29 is 13.9 Å². The van der Waals surface area contributed by atoms with Crippen molar-refractivity contribution in [2.45, 2.75) is 23.9 Å². The summed E-state index contributed by atoms with van der Waals surface area (Å²) in [4.78, 5) is 26.6. The van der Waals surface area contributed by atoms with E-state index in [9.17, 15) is 18.7 Å². The van der Waals surface area contributed by atoms with Crippen LogP contribution in [-0.2, 0) is 5.75 Å². The molecule has 3 aromatic rings. The second-order valence-electron chi connectivity index (χ2n) is 5.53. The van der Waals surface area contributed by atoms with Gasteiger partial charge in [-0.1, -0.05) is 23.9 Å². The lowest BCUT2D eigenvalue weighted by molar-refractivity contribution is 0.208. The number of H-pyrrole nitrogens is 1. The van der Waals surface area contributed by atoms with Crippen LogP contribution in [0.1, 0.15) is 12.5 Å². The zero-order valence-corrected chi connectivity index (χ0v) is 14.5. The van der Waals surface area contributed by atoms with Crippen molar-refractivity contribution in [1.82, 2.24) is 19.9 Å². The van der Waals surface area contributed by atoms with E-state index in [0.29, 0.717) is 11.3 Å². The molecule has 7 nitrogen and oxygen atoms in total. The highest BCUT2D eigenvalue weighted by Crippen LogP contribution is 2.25. The molecule has 3 rings (SSSR count). The topological polar surface area (TPSA) is 104 Å². The lowest BCUT2D eigenvalue weighted by Gasteiger charge is -2.11. The van der Waals surface area contributed by atoms with Crippen LogP contribution in [0.3, 0.4) is 0 Å². The fourth-order valence-electron chi connectivity index (χ4n) is 2.15. The van der Waals surface area contributed by atoms with E-state index in [1.807, 2.05) is 0 Å². The molecule has 0 saturated carbocycles. The highest BCUT2D eigenvalue weighted by Gasteiger charge is 2.13. The predicted molar refractivity (Wildman–Crippen MR) is 94.0 cm³/mol. The van der Waals surface area contributed by atoms with Gasteiger partial charge < -0.3 is 15.4 Å². The predicted octanol–water partition coefficient (Wildman–Crippen LogP) is 2.08. The third kappa shape index (κ3) is 4.14. The van der Waals surface area contributed by atoms with Gasteiger partial charge in [0.25, 0.3) is 5.56 Å². The number of nitrogens with zero attached hydrogens (tertiary/aromatic N) is 3. The molecule has 0 saturated heterocycles. The molecule has 0 aliphatic carbocycles. The first-order chi connectivity index (χ1) is 12.4. The van der Waals surface area contributed by atoms with Gasteiger partial charge >= 0.3 is 0 Å². The van der Waals surface area contributed by atoms with Crippen LogP contribution < -0.4 is 10.9 Å². The van der Waals surface area contributed by atoms with Crippen molar-refractivity contribution >= 4 is 28.7 Å². The number of thioether (sulfide) groups is 1. The molecule has 2 aromatic heterocycles. The average Bonchev–Trinajstić information content (AvgIpc) is 2.60. The Hall–Kier alpha value is -2.59. The minimum atomic E-state index is -0.921. The number of benzene rings is 1. The number of nitrogens with one attached hydrogen (secondary N) is 2. The number of anilines is 1. The minimum absolute atomic E-state index is 0.107. The molecular weight excluding hydrogens is 364 g/mol. The van der Waals surface area contributed by atoms with Crippen LogP contribution in [0, 0.1) is 11.6 Å². The number of fused-ring (bicyclic) bond motifs is 1. The summed E-state index contributed by atoms with van der Waals surface area (Å²) in [5.74, 6) is -1.40. The molecule has 2 heterocycles. The van der Waals surface area contributed by atoms with E-state index in [2.05, 4.69) is 25.3 Å². The van der Waals surface area contributed by atoms with E-state index in [1.165, 1.54) is 12.1 Å². The summed E-state index contributed by atoms with van der Waals surface area (Å²) in [6, 6.07) is 3.94. The molecule has 0 fully saturated rings. The van der Waals surface area contributed by atoms with Crippen LogP contribution in [0.25, 0.3) is 11.2 Å². The van der Waals surface area contributed by atoms with Crippen molar-refractivity contribution in [3.05, 3.63) is 51.9 Å². The van der Waals surface area contributed by atoms with Gasteiger partial charge in [0, 0.05) is 17.9 Å². The fourth-order valence-corrected chi connectivity index (χ4v) is 2.97. The maximum Gasteiger partial charge on any atom is 0.268 e. The summed E-state index contributed by atoms with van der Waals surface area (Å²) in [6.45, 7) is 1.82. The molecule has 0 aliphatic heterocycles. The van der Waals surface area contributed by atoms with Gasteiger partial charge in [0.15, 0.2) is 28.3 Å². The standard InChI is InChI=1S/C16H15F2N5O2S/c1-8(24)5-20-14-13-15(21-11(25)6-19-13)23-16(22-14)26-7-9-3-2-4-10(17)12(9)18/h2-4,6,8,24H,5,7H2,1H3,(H2,20,21,22,23,25)/t8-/m1/s1. The normalized spacial score (nSPS) is 12.3. The summed E-state index contributed by atoms with van der Waals surface area (Å²) in [5, 5.41) is 12.6. The van der Waals surface area contributed by atoms with Crippen LogP contribution in [0.2, 0.25) is 0 Å². The third-order valence-corrected chi connectivity index (χ3v) is 4.27. The Morgan fingerprint density at radius 1 is 1.35 bits per heavy atom. The van der Waals surface area contributed by atoms with Crippen molar-refractivity contribution in [3.63, 3.8) is 0 Å². The molecule has 1 aromatic carbocycles. The Balaban J connectivity index is 1.92. The second kappa shape index (κ2) is 7.75. The highest BCUT2D eigenvalue weighted by molar-refractivity contribution is 7.98. The molecule has 0 aliphatic rings. The SMILES string of the molecule is C[C@@H](O)CNc1nc(SCc2cccc(F)c2F)nc2[nH]c(=O)cnc12. The number of aliphatic hydroxyl groups is 1. The quantitative estimate of drug-likeness (QED) is 0.445. The maximum atomic E-state index is 13.8. The lowest BCUT2D eigenvalue weighted by atomic mass is 10.2. The molecular formula is C16H15F2N5O2S. The zero-order valence-electron chi connectivity index (χ0n) is 13.7. The van der Waals surface area contributed by atoms with Crippen LogP contribution in [0.15, 0.2) is 34.3 Å². The van der Waals surface area contributed by atoms with Gasteiger partial charge in [-0.25, -0.2) is 23.7 Å². The van der Waals surface area contributed by atoms with Crippen LogP contribution in [-0.4, -0.2) is 37.7 Å². The van der Waals surface area contributed by atoms with Crippen molar-refractivity contribution in [1.29, 1.82) is 0 Å². The molecule has 0 spiro atoms. The average molecular weight is 379 g/mol. The third-order valence-electron chi connectivity index (χ3n) is 3.37. The second-order valence-corrected chi connectivity index (χ2v) is 6.47. The van der Waals surface area contributed by atoms with Crippen molar-refractivity contribution in [2.24, 2.45) is 0 Å². The number of aliphatic hydroxyl groups excluding tert-OH is 1. The number of hydrogen-bond acceptors (Lipinski definition) is 7. The number of halogens is 2. The molecule has 136 valence electrons. The van der Waals surface area contributed by atoms with E-state index in [4.69, 9.17) is 0 Å². The summed E-state index contributed by atoms with van der Waals surface area (Å²) >= 11 is 1.08. The first-order valence-corrected chi connectivity index (χ1v) is 8.67. The Bertz CT molecular complexity index is 996. The summed E-state index contributed by atoms with van der Waals surface area (Å²) in [6.07, 6.45) is 0.481. The highest BCUT2D eigenvalue weighted by atomic mass is 32.2. The van der Waals surface area contributed by atoms with Crippen LogP contribution in [0.4, 0.5) is 14.6 Å². The molecule has 0 radical (unpaired) electrons. The number of aromatic nitrogens is 4. The van der Waals surface area contributed by atoms with E-state index in [0.717, 1.165) is 24.0 Å². The summed E-state index contributed by atoms with van der Waals surface area (Å²) < 4.78 is 27.1. The Kier molecular flexibility index (Phi) is 5.43. The Labute approximate surface area is 150 Å². The van der Waals surface area contributed by atoms with Gasteiger partial charge in [-0.05, 0) is 13.0 Å². The van der Waals surface area contributed by atoms with Gasteiger partial charge in [0.1, 0.15) is 5.52 Å². The summed E-state index contributed by atoms with van der Waals surface area (Å²) in [5.41, 5.74) is 0.302. The van der Waals surface area contributed by atoms with E-state index < -0.39 is 23.3 Å². The van der Waals surface area contributed by atoms with Gasteiger partial charge in [-0.3, -0.25) is 4.79 Å². The minimum Gasteiger partial charge on any atom is -0.392 e. The van der Waals surface area contributed by atoms with E-state index >= 15 is 0 Å². The molecule has 0 unspecified atom stereocenters. The number of rotatable bonds is 6. The van der Waals surface area contributed by atoms with Gasteiger partial charge in [-0.2, -0.15) is 0 Å². The summed E-state index contributed by atoms with van der Waals surface area (Å²) in [7, 11) is 0. The molecule has 1 atom stereocenters. The largest absolute Gasteiger partial charge is 0.392 e. The number of aromatic amines is 1. The number of hydrogen-bond donors (Lipinski definition) is 3. The molecule has 3 N–H and O–H groups in total. The monoisotopic (exact) mass is 379 g/mol. The van der Waals surface area contributed by atoms with Gasteiger partial charge in [0.05, 0.1) is 12.3 Å². The molecule has 0 amide bonds. The van der Waals surface area contributed by atoms with Crippen LogP contribution in [0.5, 0.6) is 0 Å². The maximum absolute atomic E-state index is 13.8. The smallest absolute Gasteiger partial charge is 0.268 e. The fraction of sp³-hybridized carbons (Fsp3) is 0.250. The molecule has 26 heavy (non-hydrogen) atoms. The molecule has 10 heteroatoms. The van der Waals surface area contributed by atoms with Gasteiger partial charge in [0.2, 0.25) is 0 Å².